The van der Waals surface area contributed by atoms with Crippen LogP contribution in [0.15, 0.2) is 77.7 Å². The van der Waals surface area contributed by atoms with Gasteiger partial charge in [-0.2, -0.15) is 0 Å². The summed E-state index contributed by atoms with van der Waals surface area (Å²) in [6, 6.07) is 20.0. The molecule has 39 heavy (non-hydrogen) atoms. The van der Waals surface area contributed by atoms with E-state index in [1.807, 2.05) is 38.1 Å². The molecule has 0 unspecified atom stereocenters. The number of anilines is 1. The topological polar surface area (TPSA) is 96.0 Å². The Morgan fingerprint density at radius 1 is 0.923 bits per heavy atom. The lowest BCUT2D eigenvalue weighted by molar-refractivity contribution is -0.139. The fraction of sp³-hybridized carbons (Fsp3) is 0.333. The van der Waals surface area contributed by atoms with Crippen molar-refractivity contribution in [1.82, 2.24) is 10.2 Å². The molecule has 2 amide bonds. The summed E-state index contributed by atoms with van der Waals surface area (Å²) in [5.74, 6) is -0.494. The molecule has 0 aliphatic heterocycles. The van der Waals surface area contributed by atoms with Crippen molar-refractivity contribution in [2.45, 2.75) is 52.1 Å². The number of amides is 2. The molecule has 0 aliphatic carbocycles. The average molecular weight is 552 g/mol. The Hall–Kier alpha value is -3.85. The van der Waals surface area contributed by atoms with Crippen molar-refractivity contribution in [3.63, 3.8) is 0 Å². The van der Waals surface area contributed by atoms with E-state index in [9.17, 15) is 18.0 Å². The van der Waals surface area contributed by atoms with Gasteiger partial charge in [-0.3, -0.25) is 13.9 Å². The van der Waals surface area contributed by atoms with Gasteiger partial charge in [-0.1, -0.05) is 54.1 Å². The molecule has 0 heterocycles. The van der Waals surface area contributed by atoms with Gasteiger partial charge in [0.15, 0.2) is 0 Å². The van der Waals surface area contributed by atoms with E-state index in [1.54, 1.807) is 57.2 Å². The van der Waals surface area contributed by atoms with Crippen molar-refractivity contribution < 1.29 is 22.7 Å². The molecule has 208 valence electrons. The summed E-state index contributed by atoms with van der Waals surface area (Å²) in [5, 5.41) is 2.77. The minimum atomic E-state index is -4.17. The summed E-state index contributed by atoms with van der Waals surface area (Å²) < 4.78 is 34.8. The maximum absolute atomic E-state index is 14.0. The number of hydrogen-bond donors (Lipinski definition) is 1. The van der Waals surface area contributed by atoms with Crippen LogP contribution in [0.2, 0.25) is 0 Å². The van der Waals surface area contributed by atoms with E-state index in [1.165, 1.54) is 17.0 Å². The van der Waals surface area contributed by atoms with Crippen molar-refractivity contribution in [2.24, 2.45) is 0 Å². The maximum Gasteiger partial charge on any atom is 0.264 e. The number of nitrogens with one attached hydrogen (secondary N) is 1. The fourth-order valence-electron chi connectivity index (χ4n) is 4.17. The lowest BCUT2D eigenvalue weighted by Gasteiger charge is -2.32. The number of carbonyl (C=O) groups is 2. The largest absolute Gasteiger partial charge is 0.492 e. The molecule has 0 radical (unpaired) electrons. The molecule has 0 fully saturated rings. The third-order valence-electron chi connectivity index (χ3n) is 6.44. The molecular formula is C30H37N3O5S. The van der Waals surface area contributed by atoms with Crippen LogP contribution in [0.3, 0.4) is 0 Å². The van der Waals surface area contributed by atoms with Gasteiger partial charge in [0.2, 0.25) is 11.8 Å². The zero-order valence-corrected chi connectivity index (χ0v) is 24.0. The average Bonchev–Trinajstić information content (AvgIpc) is 2.91. The molecule has 0 saturated carbocycles. The number of aryl methyl sites for hydroxylation is 2. The van der Waals surface area contributed by atoms with Crippen LogP contribution in [0.1, 0.15) is 37.5 Å². The number of likely N-dealkylation sites (N-methyl/N-ethyl adjacent to an activating group) is 1. The van der Waals surface area contributed by atoms with Crippen molar-refractivity contribution >= 4 is 27.5 Å². The predicted molar refractivity (Wildman–Crippen MR) is 153 cm³/mol. The Labute approximate surface area is 231 Å². The second-order valence-corrected chi connectivity index (χ2v) is 11.1. The van der Waals surface area contributed by atoms with Crippen LogP contribution in [0.25, 0.3) is 0 Å². The molecule has 3 aromatic carbocycles. The van der Waals surface area contributed by atoms with E-state index in [4.69, 9.17) is 4.74 Å². The normalized spacial score (nSPS) is 11.9. The standard InChI is InChI=1S/C30H37N3O5S/c1-6-31-30(35)24(5)32(20-25-13-9-8-12-23(25)4)29(34)21-33(27-14-10-11-15-28(27)38-7-2)39(36,37)26-18-16-22(3)17-19-26/h8-19,24H,6-7,20-21H2,1-5H3,(H,31,35)/t24-/m0/s1. The third kappa shape index (κ3) is 7.17. The highest BCUT2D eigenvalue weighted by Crippen LogP contribution is 2.33. The van der Waals surface area contributed by atoms with E-state index in [-0.39, 0.29) is 23.0 Å². The number of ether oxygens (including phenoxy) is 1. The summed E-state index contributed by atoms with van der Waals surface area (Å²) >= 11 is 0. The molecule has 0 saturated heterocycles. The zero-order chi connectivity index (χ0) is 28.6. The van der Waals surface area contributed by atoms with Crippen molar-refractivity contribution in [3.05, 3.63) is 89.5 Å². The van der Waals surface area contributed by atoms with Crippen LogP contribution >= 0.6 is 0 Å². The van der Waals surface area contributed by atoms with E-state index in [0.717, 1.165) is 21.0 Å². The van der Waals surface area contributed by atoms with E-state index >= 15 is 0 Å². The first-order valence-corrected chi connectivity index (χ1v) is 14.5. The van der Waals surface area contributed by atoms with Crippen LogP contribution in [-0.4, -0.2) is 50.9 Å². The summed E-state index contributed by atoms with van der Waals surface area (Å²) in [6.07, 6.45) is 0. The number of sulfonamides is 1. The monoisotopic (exact) mass is 551 g/mol. The van der Waals surface area contributed by atoms with Gasteiger partial charge in [0.1, 0.15) is 18.3 Å². The smallest absolute Gasteiger partial charge is 0.264 e. The summed E-state index contributed by atoms with van der Waals surface area (Å²) in [5.41, 5.74) is 2.98. The number of para-hydroxylation sites is 2. The van der Waals surface area contributed by atoms with Gasteiger partial charge >= 0.3 is 0 Å². The zero-order valence-electron chi connectivity index (χ0n) is 23.2. The quantitative estimate of drug-likeness (QED) is 0.359. The molecule has 0 spiro atoms. The van der Waals surface area contributed by atoms with E-state index in [0.29, 0.717) is 18.9 Å². The van der Waals surface area contributed by atoms with Gasteiger partial charge in [0.05, 0.1) is 17.2 Å². The Morgan fingerprint density at radius 2 is 1.56 bits per heavy atom. The first-order valence-electron chi connectivity index (χ1n) is 13.0. The van der Waals surface area contributed by atoms with Crippen molar-refractivity contribution in [2.75, 3.05) is 24.0 Å². The molecule has 8 nitrogen and oxygen atoms in total. The number of carbonyl (C=O) groups excluding carboxylic acids is 2. The van der Waals surface area contributed by atoms with E-state index < -0.39 is 28.5 Å². The Balaban J connectivity index is 2.09. The molecule has 1 atom stereocenters. The Morgan fingerprint density at radius 3 is 2.21 bits per heavy atom. The number of rotatable bonds is 12. The lowest BCUT2D eigenvalue weighted by Crippen LogP contribution is -2.51. The van der Waals surface area contributed by atoms with Crippen LogP contribution in [0.5, 0.6) is 5.75 Å². The molecule has 3 aromatic rings. The SMILES string of the molecule is CCNC(=O)[C@H](C)N(Cc1ccccc1C)C(=O)CN(c1ccccc1OCC)S(=O)(=O)c1ccc(C)cc1. The summed E-state index contributed by atoms with van der Waals surface area (Å²) in [4.78, 5) is 28.3. The Kier molecular flexibility index (Phi) is 10.1. The summed E-state index contributed by atoms with van der Waals surface area (Å²) in [6.45, 7) is 9.41. The molecular weight excluding hydrogens is 514 g/mol. The fourth-order valence-corrected chi connectivity index (χ4v) is 5.59. The van der Waals surface area contributed by atoms with Crippen LogP contribution in [0.4, 0.5) is 5.69 Å². The van der Waals surface area contributed by atoms with E-state index in [2.05, 4.69) is 5.32 Å². The highest BCUT2D eigenvalue weighted by Gasteiger charge is 2.33. The second kappa shape index (κ2) is 13.3. The minimum Gasteiger partial charge on any atom is -0.492 e. The highest BCUT2D eigenvalue weighted by atomic mass is 32.2. The molecule has 0 bridgehead atoms. The highest BCUT2D eigenvalue weighted by molar-refractivity contribution is 7.92. The van der Waals surface area contributed by atoms with Crippen LogP contribution < -0.4 is 14.4 Å². The molecule has 1 N–H and O–H groups in total. The van der Waals surface area contributed by atoms with Crippen molar-refractivity contribution in [1.29, 1.82) is 0 Å². The van der Waals surface area contributed by atoms with Gasteiger partial charge < -0.3 is 15.0 Å². The van der Waals surface area contributed by atoms with Crippen LogP contribution in [-0.2, 0) is 26.2 Å². The molecule has 0 aliphatic rings. The molecule has 0 aromatic heterocycles. The van der Waals surface area contributed by atoms with Crippen molar-refractivity contribution in [3.8, 4) is 5.75 Å². The Bertz CT molecular complexity index is 1390. The number of nitrogens with zero attached hydrogens (tertiary/aromatic N) is 2. The summed E-state index contributed by atoms with van der Waals surface area (Å²) in [7, 11) is -4.17. The molecule has 3 rings (SSSR count). The van der Waals surface area contributed by atoms with Gasteiger partial charge in [-0.25, -0.2) is 8.42 Å². The number of hydrogen-bond acceptors (Lipinski definition) is 5. The second-order valence-electron chi connectivity index (χ2n) is 9.24. The minimum absolute atomic E-state index is 0.0504. The number of benzene rings is 3. The van der Waals surface area contributed by atoms with Crippen LogP contribution in [0, 0.1) is 13.8 Å². The predicted octanol–water partition coefficient (Wildman–Crippen LogP) is 4.45. The van der Waals surface area contributed by atoms with Gasteiger partial charge in [-0.15, -0.1) is 0 Å². The first-order chi connectivity index (χ1) is 18.6. The lowest BCUT2D eigenvalue weighted by atomic mass is 10.1. The van der Waals surface area contributed by atoms with Gasteiger partial charge in [0.25, 0.3) is 10.0 Å². The maximum atomic E-state index is 14.0. The van der Waals surface area contributed by atoms with Gasteiger partial charge in [-0.05, 0) is 70.0 Å². The third-order valence-corrected chi connectivity index (χ3v) is 8.22. The molecule has 9 heteroatoms. The first kappa shape index (κ1) is 29.7. The van der Waals surface area contributed by atoms with Gasteiger partial charge in [0, 0.05) is 13.1 Å².